The number of hydrogen-bond acceptors (Lipinski definition) is 3. The molecular formula is C7H11N3OS. The zero-order valence-electron chi connectivity index (χ0n) is 6.74. The average Bonchev–Trinajstić information content (AvgIpc) is 2.47. The molecule has 0 bridgehead atoms. The van der Waals surface area contributed by atoms with Crippen molar-refractivity contribution in [3.8, 4) is 0 Å². The van der Waals surface area contributed by atoms with Crippen LogP contribution in [0.15, 0.2) is 15.8 Å². The van der Waals surface area contributed by atoms with Gasteiger partial charge in [0, 0.05) is 0 Å². The highest BCUT2D eigenvalue weighted by Crippen LogP contribution is 2.14. The molecule has 5 heteroatoms. The number of guanidine groups is 1. The molecule has 0 aliphatic carbocycles. The highest BCUT2D eigenvalue weighted by atomic mass is 32.1. The standard InChI is InChI=1S/C7H11N3OS/c1-5-3-12-4-6(5)2-9-7(8)10-11/h3-4,11H,2H2,1H3,(H3,8,9,10). The van der Waals surface area contributed by atoms with Crippen LogP contribution in [0.2, 0.25) is 0 Å². The van der Waals surface area contributed by atoms with Crippen molar-refractivity contribution in [3.05, 3.63) is 21.9 Å². The largest absolute Gasteiger partial charge is 0.368 e. The van der Waals surface area contributed by atoms with E-state index in [0.29, 0.717) is 6.54 Å². The Hall–Kier alpha value is -1.07. The van der Waals surface area contributed by atoms with Gasteiger partial charge < -0.3 is 5.73 Å². The van der Waals surface area contributed by atoms with Crippen LogP contribution in [-0.4, -0.2) is 11.2 Å². The number of hydroxylamine groups is 1. The molecule has 0 radical (unpaired) electrons. The fraction of sp³-hybridized carbons (Fsp3) is 0.286. The number of thiophene rings is 1. The Bertz CT molecular complexity index is 282. The molecule has 0 aliphatic heterocycles. The van der Waals surface area contributed by atoms with Crippen LogP contribution in [0.3, 0.4) is 0 Å². The first-order valence-corrected chi connectivity index (χ1v) is 4.40. The first-order valence-electron chi connectivity index (χ1n) is 3.45. The lowest BCUT2D eigenvalue weighted by Gasteiger charge is -1.97. The zero-order valence-corrected chi connectivity index (χ0v) is 7.56. The Kier molecular flexibility index (Phi) is 3.07. The molecule has 1 rings (SSSR count). The minimum absolute atomic E-state index is 0.0422. The SMILES string of the molecule is Cc1cscc1CN=C(N)NO. The van der Waals surface area contributed by atoms with Gasteiger partial charge in [0.15, 0.2) is 0 Å². The summed E-state index contributed by atoms with van der Waals surface area (Å²) in [6, 6.07) is 0. The number of aliphatic imine (C=N–C) groups is 1. The summed E-state index contributed by atoms with van der Waals surface area (Å²) in [5.41, 5.74) is 9.35. The number of hydrogen-bond donors (Lipinski definition) is 3. The lowest BCUT2D eigenvalue weighted by Crippen LogP contribution is -2.28. The molecule has 1 heterocycles. The molecule has 1 aromatic rings. The quantitative estimate of drug-likeness (QED) is 0.363. The molecule has 0 spiro atoms. The van der Waals surface area contributed by atoms with Gasteiger partial charge in [0.05, 0.1) is 6.54 Å². The van der Waals surface area contributed by atoms with Gasteiger partial charge in [-0.05, 0) is 28.8 Å². The maximum Gasteiger partial charge on any atom is 0.213 e. The van der Waals surface area contributed by atoms with Crippen molar-refractivity contribution in [1.82, 2.24) is 5.48 Å². The van der Waals surface area contributed by atoms with Crippen LogP contribution in [0.4, 0.5) is 0 Å². The van der Waals surface area contributed by atoms with Crippen molar-refractivity contribution >= 4 is 17.3 Å². The second-order valence-corrected chi connectivity index (χ2v) is 3.14. The van der Waals surface area contributed by atoms with Gasteiger partial charge >= 0.3 is 0 Å². The van der Waals surface area contributed by atoms with Gasteiger partial charge in [-0.2, -0.15) is 11.3 Å². The van der Waals surface area contributed by atoms with Crippen molar-refractivity contribution in [2.75, 3.05) is 0 Å². The molecule has 0 fully saturated rings. The van der Waals surface area contributed by atoms with Crippen LogP contribution in [-0.2, 0) is 6.54 Å². The molecule has 12 heavy (non-hydrogen) atoms. The van der Waals surface area contributed by atoms with Gasteiger partial charge in [0.1, 0.15) is 0 Å². The molecule has 0 amide bonds. The van der Waals surface area contributed by atoms with Crippen molar-refractivity contribution in [2.24, 2.45) is 10.7 Å². The van der Waals surface area contributed by atoms with Crippen molar-refractivity contribution < 1.29 is 5.21 Å². The van der Waals surface area contributed by atoms with Gasteiger partial charge in [0.25, 0.3) is 0 Å². The lowest BCUT2D eigenvalue weighted by molar-refractivity contribution is 0.232. The third-order valence-electron chi connectivity index (χ3n) is 1.50. The summed E-state index contributed by atoms with van der Waals surface area (Å²) in [6.07, 6.45) is 0. The monoisotopic (exact) mass is 185 g/mol. The van der Waals surface area contributed by atoms with Gasteiger partial charge in [-0.25, -0.2) is 10.5 Å². The second-order valence-electron chi connectivity index (χ2n) is 2.39. The summed E-state index contributed by atoms with van der Waals surface area (Å²) < 4.78 is 0. The number of rotatable bonds is 2. The highest BCUT2D eigenvalue weighted by Gasteiger charge is 1.97. The molecule has 4 nitrogen and oxygen atoms in total. The normalized spacial score (nSPS) is 11.7. The van der Waals surface area contributed by atoms with E-state index in [9.17, 15) is 0 Å². The first-order chi connectivity index (χ1) is 5.74. The fourth-order valence-electron chi connectivity index (χ4n) is 0.755. The second kappa shape index (κ2) is 4.08. The van der Waals surface area contributed by atoms with E-state index in [1.807, 2.05) is 17.7 Å². The summed E-state index contributed by atoms with van der Waals surface area (Å²) in [5.74, 6) is 0.0422. The molecule has 1 aromatic heterocycles. The molecule has 0 aliphatic rings. The van der Waals surface area contributed by atoms with E-state index in [-0.39, 0.29) is 5.96 Å². The fourth-order valence-corrected chi connectivity index (χ4v) is 1.60. The average molecular weight is 185 g/mol. The molecule has 66 valence electrons. The van der Waals surface area contributed by atoms with Gasteiger partial charge in [-0.15, -0.1) is 0 Å². The topological polar surface area (TPSA) is 70.6 Å². The third kappa shape index (κ3) is 2.21. The predicted molar refractivity (Wildman–Crippen MR) is 49.3 cm³/mol. The van der Waals surface area contributed by atoms with E-state index >= 15 is 0 Å². The van der Waals surface area contributed by atoms with Crippen LogP contribution in [0, 0.1) is 6.92 Å². The Balaban J connectivity index is 2.59. The molecule has 0 unspecified atom stereocenters. The van der Waals surface area contributed by atoms with Crippen LogP contribution in [0.25, 0.3) is 0 Å². The van der Waals surface area contributed by atoms with Crippen LogP contribution in [0.1, 0.15) is 11.1 Å². The maximum absolute atomic E-state index is 8.33. The smallest absolute Gasteiger partial charge is 0.213 e. The Labute approximate surface area is 74.7 Å². The molecular weight excluding hydrogens is 174 g/mol. The molecule has 4 N–H and O–H groups in total. The van der Waals surface area contributed by atoms with Crippen molar-refractivity contribution in [1.29, 1.82) is 0 Å². The summed E-state index contributed by atoms with van der Waals surface area (Å²) in [4.78, 5) is 3.89. The predicted octanol–water partition coefficient (Wildman–Crippen LogP) is 0.850. The summed E-state index contributed by atoms with van der Waals surface area (Å²) in [5, 5.41) is 12.4. The molecule has 0 saturated heterocycles. The van der Waals surface area contributed by atoms with E-state index in [4.69, 9.17) is 10.9 Å². The summed E-state index contributed by atoms with van der Waals surface area (Å²) in [7, 11) is 0. The van der Waals surface area contributed by atoms with Crippen LogP contribution in [0.5, 0.6) is 0 Å². The minimum Gasteiger partial charge on any atom is -0.368 e. The number of nitrogens with one attached hydrogen (secondary N) is 1. The van der Waals surface area contributed by atoms with Gasteiger partial charge in [-0.3, -0.25) is 5.21 Å². The Morgan fingerprint density at radius 2 is 2.50 bits per heavy atom. The number of aryl methyl sites for hydroxylation is 1. The first kappa shape index (κ1) is 9.02. The maximum atomic E-state index is 8.33. The molecule has 0 aromatic carbocycles. The van der Waals surface area contributed by atoms with Crippen molar-refractivity contribution in [2.45, 2.75) is 13.5 Å². The Morgan fingerprint density at radius 1 is 1.75 bits per heavy atom. The minimum atomic E-state index is 0.0422. The van der Waals surface area contributed by atoms with E-state index in [1.54, 1.807) is 16.8 Å². The number of nitrogens with zero attached hydrogens (tertiary/aromatic N) is 1. The van der Waals surface area contributed by atoms with Crippen LogP contribution >= 0.6 is 11.3 Å². The van der Waals surface area contributed by atoms with E-state index in [2.05, 4.69) is 4.99 Å². The third-order valence-corrected chi connectivity index (χ3v) is 2.41. The van der Waals surface area contributed by atoms with E-state index < -0.39 is 0 Å². The summed E-state index contributed by atoms with van der Waals surface area (Å²) >= 11 is 1.63. The van der Waals surface area contributed by atoms with Crippen molar-refractivity contribution in [3.63, 3.8) is 0 Å². The van der Waals surface area contributed by atoms with Gasteiger partial charge in [0.2, 0.25) is 5.96 Å². The lowest BCUT2D eigenvalue weighted by atomic mass is 10.2. The Morgan fingerprint density at radius 3 is 3.00 bits per heavy atom. The highest BCUT2D eigenvalue weighted by molar-refractivity contribution is 7.08. The molecule has 0 atom stereocenters. The van der Waals surface area contributed by atoms with Gasteiger partial charge in [-0.1, -0.05) is 0 Å². The van der Waals surface area contributed by atoms with E-state index in [1.165, 1.54) is 5.56 Å². The zero-order chi connectivity index (χ0) is 8.97. The van der Waals surface area contributed by atoms with E-state index in [0.717, 1.165) is 5.56 Å². The molecule has 0 saturated carbocycles. The van der Waals surface area contributed by atoms with Crippen LogP contribution < -0.4 is 11.2 Å². The number of nitrogens with two attached hydrogens (primary N) is 1. The summed E-state index contributed by atoms with van der Waals surface area (Å²) in [6.45, 7) is 2.53.